The van der Waals surface area contributed by atoms with Crippen LogP contribution in [0.5, 0.6) is 0 Å². The Hall–Kier alpha value is -0.980. The van der Waals surface area contributed by atoms with Crippen molar-refractivity contribution in [1.29, 1.82) is 0 Å². The van der Waals surface area contributed by atoms with Crippen LogP contribution in [0, 0.1) is 0 Å². The summed E-state index contributed by atoms with van der Waals surface area (Å²) in [6.07, 6.45) is -4.53. The van der Waals surface area contributed by atoms with Crippen LogP contribution in [0.2, 0.25) is 0 Å². The lowest BCUT2D eigenvalue weighted by molar-refractivity contribution is -0.222. The molecule has 0 unspecified atom stereocenters. The third-order valence-electron chi connectivity index (χ3n) is 3.28. The Labute approximate surface area is 121 Å². The van der Waals surface area contributed by atoms with Crippen LogP contribution in [0.4, 0.5) is 0 Å². The highest BCUT2D eigenvalue weighted by Crippen LogP contribution is 2.38. The summed E-state index contributed by atoms with van der Waals surface area (Å²) in [6.45, 7) is 1.98. The largest absolute Gasteiger partial charge is 0.394 e. The van der Waals surface area contributed by atoms with E-state index in [0.717, 1.165) is 5.56 Å². The van der Waals surface area contributed by atoms with Crippen molar-refractivity contribution in [2.75, 3.05) is 6.58 Å². The zero-order valence-corrected chi connectivity index (χ0v) is 11.5. The summed E-state index contributed by atoms with van der Waals surface area (Å²) in [7, 11) is 0. The summed E-state index contributed by atoms with van der Waals surface area (Å²) >= 11 is 0. The molecule has 2 fully saturated rings. The van der Waals surface area contributed by atoms with Crippen molar-refractivity contribution < 1.29 is 26.8 Å². The lowest BCUT2D eigenvalue weighted by Gasteiger charge is -2.25. The first kappa shape index (κ1) is 11.7. The van der Waals surface area contributed by atoms with Gasteiger partial charge < -0.3 is 24.1 Å². The number of hydrogen-bond acceptors (Lipinski definition) is 5. The number of rotatable bonds is 4. The first-order valence-corrected chi connectivity index (χ1v) is 6.61. The lowest BCUT2D eigenvalue weighted by Crippen LogP contribution is -2.38. The minimum Gasteiger partial charge on any atom is -0.394 e. The van der Waals surface area contributed by atoms with Crippen LogP contribution in [0.1, 0.15) is 22.2 Å². The summed E-state index contributed by atoms with van der Waals surface area (Å²) in [5, 5.41) is 9.60. The normalized spacial score (nSPS) is 41.9. The second-order valence-corrected chi connectivity index (χ2v) is 5.31. The van der Waals surface area contributed by atoms with E-state index in [1.165, 1.54) is 0 Å². The van der Waals surface area contributed by atoms with Gasteiger partial charge in [-0.05, 0) is 19.4 Å². The van der Waals surface area contributed by atoms with Gasteiger partial charge in [-0.15, -0.1) is 0 Å². The van der Waals surface area contributed by atoms with Gasteiger partial charge in [0.15, 0.2) is 12.1 Å². The van der Waals surface area contributed by atoms with Crippen molar-refractivity contribution in [2.24, 2.45) is 0 Å². The van der Waals surface area contributed by atoms with E-state index in [2.05, 4.69) is 0 Å². The van der Waals surface area contributed by atoms with Crippen LogP contribution in [-0.2, 0) is 25.6 Å². The van der Waals surface area contributed by atoms with E-state index in [1.807, 2.05) is 30.3 Å². The van der Waals surface area contributed by atoms with E-state index in [9.17, 15) is 5.11 Å². The van der Waals surface area contributed by atoms with E-state index in [1.54, 1.807) is 13.8 Å². The molecule has 2 heterocycles. The second kappa shape index (κ2) is 5.42. The molecule has 2 aliphatic heterocycles. The number of fused-ring (bicyclic) bond motifs is 1. The lowest BCUT2D eigenvalue weighted by atomic mass is 10.1. The molecule has 2 saturated heterocycles. The van der Waals surface area contributed by atoms with Crippen LogP contribution >= 0.6 is 0 Å². The fourth-order valence-corrected chi connectivity index (χ4v) is 2.41. The predicted molar refractivity (Wildman–Crippen MR) is 70.8 cm³/mol. The monoisotopic (exact) mass is 282 g/mol. The summed E-state index contributed by atoms with van der Waals surface area (Å²) in [5.74, 6) is -0.893. The molecule has 1 N–H and O–H groups in total. The Morgan fingerprint density at radius 2 is 2.10 bits per heavy atom. The molecule has 5 atom stereocenters. The van der Waals surface area contributed by atoms with Crippen molar-refractivity contribution in [3.8, 4) is 0 Å². The summed E-state index contributed by atoms with van der Waals surface area (Å²) in [6, 6.07) is 9.38. The van der Waals surface area contributed by atoms with Gasteiger partial charge in [0.25, 0.3) is 0 Å². The Morgan fingerprint density at radius 3 is 2.80 bits per heavy atom. The first-order valence-electron chi connectivity index (χ1n) is 7.69. The highest BCUT2D eigenvalue weighted by atomic mass is 16.8. The number of benzene rings is 1. The molecule has 5 nitrogen and oxygen atoms in total. The average molecular weight is 282 g/mol. The zero-order chi connectivity index (χ0) is 16.0. The fraction of sp³-hybridized carbons (Fsp3) is 0.600. The van der Waals surface area contributed by atoms with Crippen molar-refractivity contribution in [3.05, 3.63) is 35.9 Å². The van der Waals surface area contributed by atoms with Crippen LogP contribution < -0.4 is 0 Å². The van der Waals surface area contributed by atoms with E-state index < -0.39 is 36.9 Å². The van der Waals surface area contributed by atoms with Gasteiger partial charge in [0.05, 0.1) is 15.9 Å². The Morgan fingerprint density at radius 1 is 1.35 bits per heavy atom. The Bertz CT molecular complexity index is 524. The maximum absolute atomic E-state index is 9.60. The third kappa shape index (κ3) is 2.73. The second-order valence-electron chi connectivity index (χ2n) is 5.31. The van der Waals surface area contributed by atoms with Gasteiger partial charge in [-0.25, -0.2) is 0 Å². The summed E-state index contributed by atoms with van der Waals surface area (Å²) in [4.78, 5) is 0. The molecule has 0 bridgehead atoms. The number of ether oxygens (including phenoxy) is 4. The molecule has 1 aromatic rings. The van der Waals surface area contributed by atoms with E-state index in [0.29, 0.717) is 0 Å². The van der Waals surface area contributed by atoms with Gasteiger partial charge in [0, 0.05) is 0 Å². The molecule has 20 heavy (non-hydrogen) atoms. The van der Waals surface area contributed by atoms with Crippen LogP contribution in [0.15, 0.2) is 30.3 Å². The third-order valence-corrected chi connectivity index (χ3v) is 3.28. The van der Waals surface area contributed by atoms with Gasteiger partial charge in [-0.1, -0.05) is 30.3 Å². The van der Waals surface area contributed by atoms with E-state index >= 15 is 0 Å². The molecule has 0 amide bonds. The van der Waals surface area contributed by atoms with Crippen molar-refractivity contribution >= 4 is 0 Å². The molecule has 0 radical (unpaired) electrons. The average Bonchev–Trinajstić information content (AvgIpc) is 2.90. The molecule has 0 aliphatic carbocycles. The van der Waals surface area contributed by atoms with Crippen LogP contribution in [0.25, 0.3) is 0 Å². The molecule has 0 saturated carbocycles. The summed E-state index contributed by atoms with van der Waals surface area (Å²) < 4.78 is 38.6. The highest BCUT2D eigenvalue weighted by Gasteiger charge is 2.55. The Balaban J connectivity index is 1.80. The van der Waals surface area contributed by atoms with Crippen LogP contribution in [0.3, 0.4) is 0 Å². The molecule has 1 aromatic carbocycles. The minimum atomic E-state index is -1.71. The Kier molecular flexibility index (Phi) is 3.16. The van der Waals surface area contributed by atoms with Gasteiger partial charge in [0.1, 0.15) is 18.3 Å². The molecule has 3 rings (SSSR count). The number of hydrogen-bond donors (Lipinski definition) is 1. The topological polar surface area (TPSA) is 57.2 Å². The molecule has 5 heteroatoms. The molecule has 0 spiro atoms. The smallest absolute Gasteiger partial charge is 0.190 e. The van der Waals surface area contributed by atoms with E-state index in [4.69, 9.17) is 21.7 Å². The molecular formula is C15H20O5. The summed E-state index contributed by atoms with van der Waals surface area (Å²) in [5.41, 5.74) is 0.883. The predicted octanol–water partition coefficient (Wildman–Crippen LogP) is 1.44. The van der Waals surface area contributed by atoms with Crippen molar-refractivity contribution in [1.82, 2.24) is 0 Å². The minimum absolute atomic E-state index is 0.157. The molecule has 0 aromatic heterocycles. The first-order chi connectivity index (χ1) is 10.3. The SMILES string of the molecule is [2H][C@H](O)[C@H]1O[C@@H]2OC(C)(C)O[C@@H]2[C@]1([2H])OCc1ccccc1. The quantitative estimate of drug-likeness (QED) is 0.905. The van der Waals surface area contributed by atoms with Crippen molar-refractivity contribution in [3.63, 3.8) is 0 Å². The zero-order valence-electron chi connectivity index (χ0n) is 13.5. The van der Waals surface area contributed by atoms with Gasteiger partial charge in [0.2, 0.25) is 0 Å². The van der Waals surface area contributed by atoms with Crippen LogP contribution in [-0.4, -0.2) is 42.1 Å². The van der Waals surface area contributed by atoms with Gasteiger partial charge in [-0.3, -0.25) is 0 Å². The number of aliphatic hydroxyl groups excluding tert-OH is 1. The van der Waals surface area contributed by atoms with Gasteiger partial charge >= 0.3 is 0 Å². The maximum atomic E-state index is 9.60. The fourth-order valence-electron chi connectivity index (χ4n) is 2.41. The maximum Gasteiger partial charge on any atom is 0.190 e. The van der Waals surface area contributed by atoms with E-state index in [-0.39, 0.29) is 6.61 Å². The van der Waals surface area contributed by atoms with Crippen molar-refractivity contribution in [2.45, 2.75) is 50.8 Å². The molecule has 2 aliphatic rings. The highest BCUT2D eigenvalue weighted by molar-refractivity contribution is 5.13. The van der Waals surface area contributed by atoms with Gasteiger partial charge in [-0.2, -0.15) is 0 Å². The number of aliphatic hydroxyl groups is 1. The molecular weight excluding hydrogens is 260 g/mol. The standard InChI is InChI=1S/C15H20O5/c1-15(2)19-13-12(11(8-16)18-14(13)20-15)17-9-10-6-4-3-5-7-10/h3-7,11-14,16H,8-9H2,1-2H3/t11-,12-,13-,14-/m1/s1/i8D,12D/t8-,11+,12+,13+,14+/m0. The molecule has 110 valence electrons.